The van der Waals surface area contributed by atoms with Crippen LogP contribution in [0, 0.1) is 0 Å². The Bertz CT molecular complexity index is 488. The van der Waals surface area contributed by atoms with Crippen LogP contribution in [-0.2, 0) is 6.42 Å². The number of hydrogen-bond donors (Lipinski definition) is 1. The molecule has 4 heteroatoms. The molecule has 0 bridgehead atoms. The maximum Gasteiger partial charge on any atom is 0.335 e. The number of benzene rings is 1. The summed E-state index contributed by atoms with van der Waals surface area (Å²) in [5.74, 6) is 0.442. The number of carboxylic acids is 1. The summed E-state index contributed by atoms with van der Waals surface area (Å²) in [5.41, 5.74) is 0.223. The molecular weight excluding hydrogens is 220 g/mol. The van der Waals surface area contributed by atoms with Crippen molar-refractivity contribution in [2.24, 2.45) is 0 Å². The average Bonchev–Trinajstić information content (AvgIpc) is 2.82. The van der Waals surface area contributed by atoms with Gasteiger partial charge >= 0.3 is 5.97 Å². The number of ether oxygens (including phenoxy) is 1. The van der Waals surface area contributed by atoms with Gasteiger partial charge in [-0.25, -0.2) is 4.79 Å². The molecular formula is C13H12O4. The highest BCUT2D eigenvalue weighted by Gasteiger charge is 2.04. The van der Waals surface area contributed by atoms with Crippen LogP contribution >= 0.6 is 0 Å². The second kappa shape index (κ2) is 5.21. The van der Waals surface area contributed by atoms with Crippen LogP contribution in [0.5, 0.6) is 5.75 Å². The van der Waals surface area contributed by atoms with Crippen molar-refractivity contribution < 1.29 is 19.1 Å². The van der Waals surface area contributed by atoms with E-state index in [1.807, 2.05) is 12.1 Å². The molecule has 0 atom stereocenters. The summed E-state index contributed by atoms with van der Waals surface area (Å²) in [6, 6.07) is 10.1. The van der Waals surface area contributed by atoms with Crippen molar-refractivity contribution in [2.45, 2.75) is 6.42 Å². The first-order valence-electron chi connectivity index (χ1n) is 5.24. The highest BCUT2D eigenvalue weighted by atomic mass is 16.5. The molecule has 0 aliphatic carbocycles. The molecule has 0 radical (unpaired) electrons. The average molecular weight is 232 g/mol. The Hall–Kier alpha value is -2.23. The SMILES string of the molecule is O=C(O)c1cccc(OCCc2ccco2)c1. The van der Waals surface area contributed by atoms with Crippen molar-refractivity contribution in [3.05, 3.63) is 54.0 Å². The zero-order chi connectivity index (χ0) is 12.1. The second-order valence-corrected chi connectivity index (χ2v) is 3.51. The van der Waals surface area contributed by atoms with Crippen LogP contribution in [0.1, 0.15) is 16.1 Å². The molecule has 0 aliphatic heterocycles. The van der Waals surface area contributed by atoms with Crippen LogP contribution in [-0.4, -0.2) is 17.7 Å². The molecule has 1 aromatic heterocycles. The van der Waals surface area contributed by atoms with Gasteiger partial charge in [-0.15, -0.1) is 0 Å². The van der Waals surface area contributed by atoms with E-state index in [0.29, 0.717) is 18.8 Å². The molecule has 2 aromatic rings. The van der Waals surface area contributed by atoms with E-state index in [0.717, 1.165) is 5.76 Å². The molecule has 4 nitrogen and oxygen atoms in total. The van der Waals surface area contributed by atoms with Crippen molar-refractivity contribution in [2.75, 3.05) is 6.61 Å². The molecule has 0 aliphatic rings. The summed E-state index contributed by atoms with van der Waals surface area (Å²) in [7, 11) is 0. The van der Waals surface area contributed by atoms with Gasteiger partial charge in [0.2, 0.25) is 0 Å². The van der Waals surface area contributed by atoms with Gasteiger partial charge in [0, 0.05) is 6.42 Å². The number of furan rings is 1. The van der Waals surface area contributed by atoms with E-state index >= 15 is 0 Å². The predicted molar refractivity (Wildman–Crippen MR) is 61.3 cm³/mol. The molecule has 1 heterocycles. The van der Waals surface area contributed by atoms with Crippen molar-refractivity contribution in [1.29, 1.82) is 0 Å². The molecule has 0 spiro atoms. The van der Waals surface area contributed by atoms with Crippen LogP contribution in [0.2, 0.25) is 0 Å². The fourth-order valence-corrected chi connectivity index (χ4v) is 1.44. The summed E-state index contributed by atoms with van der Waals surface area (Å²) in [4.78, 5) is 10.7. The Morgan fingerprint density at radius 2 is 2.18 bits per heavy atom. The Morgan fingerprint density at radius 1 is 1.29 bits per heavy atom. The quantitative estimate of drug-likeness (QED) is 0.860. The zero-order valence-corrected chi connectivity index (χ0v) is 9.13. The maximum absolute atomic E-state index is 10.7. The van der Waals surface area contributed by atoms with E-state index in [1.54, 1.807) is 18.4 Å². The number of hydrogen-bond acceptors (Lipinski definition) is 3. The normalized spacial score (nSPS) is 10.1. The lowest BCUT2D eigenvalue weighted by molar-refractivity contribution is 0.0696. The maximum atomic E-state index is 10.7. The number of carboxylic acid groups (broad SMARTS) is 1. The molecule has 0 fully saturated rings. The van der Waals surface area contributed by atoms with Gasteiger partial charge in [-0.05, 0) is 30.3 Å². The third kappa shape index (κ3) is 3.11. The molecule has 0 saturated carbocycles. The summed E-state index contributed by atoms with van der Waals surface area (Å²) >= 11 is 0. The summed E-state index contributed by atoms with van der Waals surface area (Å²) < 4.78 is 10.6. The van der Waals surface area contributed by atoms with Crippen molar-refractivity contribution in [1.82, 2.24) is 0 Å². The first kappa shape index (κ1) is 11.3. The molecule has 17 heavy (non-hydrogen) atoms. The fraction of sp³-hybridized carbons (Fsp3) is 0.154. The summed E-state index contributed by atoms with van der Waals surface area (Å²) in [6.07, 6.45) is 2.27. The highest BCUT2D eigenvalue weighted by molar-refractivity contribution is 5.87. The highest BCUT2D eigenvalue weighted by Crippen LogP contribution is 2.13. The Morgan fingerprint density at radius 3 is 2.88 bits per heavy atom. The predicted octanol–water partition coefficient (Wildman–Crippen LogP) is 2.60. The summed E-state index contributed by atoms with van der Waals surface area (Å²) in [6.45, 7) is 0.455. The van der Waals surface area contributed by atoms with E-state index < -0.39 is 5.97 Å². The van der Waals surface area contributed by atoms with Gasteiger partial charge in [0.15, 0.2) is 0 Å². The molecule has 0 saturated heterocycles. The summed E-state index contributed by atoms with van der Waals surface area (Å²) in [5, 5.41) is 8.81. The molecule has 88 valence electrons. The lowest BCUT2D eigenvalue weighted by Crippen LogP contribution is -2.02. The van der Waals surface area contributed by atoms with Gasteiger partial charge in [0.1, 0.15) is 11.5 Å². The molecule has 2 rings (SSSR count). The van der Waals surface area contributed by atoms with Crippen LogP contribution in [0.4, 0.5) is 0 Å². The number of aromatic carboxylic acids is 1. The molecule has 1 N–H and O–H groups in total. The van der Waals surface area contributed by atoms with Crippen molar-refractivity contribution in [3.63, 3.8) is 0 Å². The monoisotopic (exact) mass is 232 g/mol. The van der Waals surface area contributed by atoms with Crippen LogP contribution < -0.4 is 4.74 Å². The lowest BCUT2D eigenvalue weighted by atomic mass is 10.2. The fourth-order valence-electron chi connectivity index (χ4n) is 1.44. The van der Waals surface area contributed by atoms with Crippen LogP contribution in [0.3, 0.4) is 0 Å². The van der Waals surface area contributed by atoms with Gasteiger partial charge in [0.05, 0.1) is 18.4 Å². The number of rotatable bonds is 5. The standard InChI is InChI=1S/C13H12O4/c14-13(15)10-3-1-4-12(9-10)17-8-6-11-5-2-7-16-11/h1-5,7,9H,6,8H2,(H,14,15). The van der Waals surface area contributed by atoms with E-state index in [2.05, 4.69) is 0 Å². The van der Waals surface area contributed by atoms with Crippen molar-refractivity contribution >= 4 is 5.97 Å². The molecule has 0 amide bonds. The minimum absolute atomic E-state index is 0.223. The first-order valence-corrected chi connectivity index (χ1v) is 5.24. The third-order valence-corrected chi connectivity index (χ3v) is 2.28. The van der Waals surface area contributed by atoms with Gasteiger partial charge in [-0.1, -0.05) is 6.07 Å². The Kier molecular flexibility index (Phi) is 3.45. The smallest absolute Gasteiger partial charge is 0.335 e. The van der Waals surface area contributed by atoms with E-state index in [9.17, 15) is 4.79 Å². The minimum Gasteiger partial charge on any atom is -0.493 e. The molecule has 0 unspecified atom stereocenters. The minimum atomic E-state index is -0.957. The third-order valence-electron chi connectivity index (χ3n) is 2.28. The van der Waals surface area contributed by atoms with Gasteiger partial charge < -0.3 is 14.3 Å². The molecule has 1 aromatic carbocycles. The Balaban J connectivity index is 1.90. The van der Waals surface area contributed by atoms with E-state index in [4.69, 9.17) is 14.3 Å². The topological polar surface area (TPSA) is 59.7 Å². The zero-order valence-electron chi connectivity index (χ0n) is 9.13. The van der Waals surface area contributed by atoms with E-state index in [-0.39, 0.29) is 5.56 Å². The van der Waals surface area contributed by atoms with Gasteiger partial charge in [-0.2, -0.15) is 0 Å². The van der Waals surface area contributed by atoms with Gasteiger partial charge in [0.25, 0.3) is 0 Å². The first-order chi connectivity index (χ1) is 8.25. The largest absolute Gasteiger partial charge is 0.493 e. The van der Waals surface area contributed by atoms with Crippen molar-refractivity contribution in [3.8, 4) is 5.75 Å². The van der Waals surface area contributed by atoms with Gasteiger partial charge in [-0.3, -0.25) is 0 Å². The number of carbonyl (C=O) groups is 1. The van der Waals surface area contributed by atoms with E-state index in [1.165, 1.54) is 12.1 Å². The van der Waals surface area contributed by atoms with Crippen LogP contribution in [0.15, 0.2) is 47.1 Å². The lowest BCUT2D eigenvalue weighted by Gasteiger charge is -2.05. The Labute approximate surface area is 98.4 Å². The van der Waals surface area contributed by atoms with Crippen LogP contribution in [0.25, 0.3) is 0 Å². The second-order valence-electron chi connectivity index (χ2n) is 3.51.